The fourth-order valence-electron chi connectivity index (χ4n) is 2.06. The molecule has 2 aromatic rings. The highest BCUT2D eigenvalue weighted by atomic mass is 35.5. The summed E-state index contributed by atoms with van der Waals surface area (Å²) in [6, 6.07) is 4.43. The third-order valence-electron chi connectivity index (χ3n) is 3.13. The van der Waals surface area contributed by atoms with Crippen molar-refractivity contribution in [1.82, 2.24) is 4.98 Å². The van der Waals surface area contributed by atoms with Gasteiger partial charge in [0.15, 0.2) is 17.3 Å². The second-order valence-electron chi connectivity index (χ2n) is 4.37. The van der Waals surface area contributed by atoms with E-state index in [-0.39, 0.29) is 21.9 Å². The van der Waals surface area contributed by atoms with Crippen LogP contribution in [0.1, 0.15) is 41.0 Å². The van der Waals surface area contributed by atoms with Crippen molar-refractivity contribution in [2.24, 2.45) is 0 Å². The van der Waals surface area contributed by atoms with Crippen LogP contribution in [0.4, 0.5) is 4.39 Å². The van der Waals surface area contributed by atoms with E-state index in [1.54, 1.807) is 6.07 Å². The summed E-state index contributed by atoms with van der Waals surface area (Å²) in [6.45, 7) is 11.2. The Morgan fingerprint density at radius 3 is 2.50 bits per heavy atom. The number of aromatic nitrogens is 1. The molecule has 0 saturated carbocycles. The number of ether oxygens (including phenoxy) is 1. The molecule has 0 aliphatic carbocycles. The van der Waals surface area contributed by atoms with Crippen LogP contribution in [0.5, 0.6) is 5.75 Å². The Balaban J connectivity index is 0.00000139. The fourth-order valence-corrected chi connectivity index (χ4v) is 2.22. The number of hydrogen-bond acceptors (Lipinski definition) is 3. The summed E-state index contributed by atoms with van der Waals surface area (Å²) < 4.78 is 19.4. The van der Waals surface area contributed by atoms with Gasteiger partial charge in [-0.2, -0.15) is 0 Å². The van der Waals surface area contributed by atoms with Crippen LogP contribution in [-0.4, -0.2) is 17.9 Å². The lowest BCUT2D eigenvalue weighted by atomic mass is 9.96. The highest BCUT2D eigenvalue weighted by Gasteiger charge is 2.23. The van der Waals surface area contributed by atoms with Crippen molar-refractivity contribution in [3.05, 3.63) is 70.8 Å². The molecule has 24 heavy (non-hydrogen) atoms. The number of methoxy groups -OCH3 is 1. The average molecular weight is 348 g/mol. The first-order valence-corrected chi connectivity index (χ1v) is 7.72. The first-order valence-electron chi connectivity index (χ1n) is 7.35. The molecule has 0 spiro atoms. The van der Waals surface area contributed by atoms with Crippen LogP contribution in [0.15, 0.2) is 37.6 Å². The second kappa shape index (κ2) is 8.99. The summed E-state index contributed by atoms with van der Waals surface area (Å²) in [5, 5.41) is 0.275. The van der Waals surface area contributed by atoms with Gasteiger partial charge in [0, 0.05) is 11.8 Å². The van der Waals surface area contributed by atoms with E-state index in [9.17, 15) is 9.18 Å². The topological polar surface area (TPSA) is 39.2 Å². The van der Waals surface area contributed by atoms with E-state index < -0.39 is 11.6 Å². The zero-order chi connectivity index (χ0) is 18.3. The summed E-state index contributed by atoms with van der Waals surface area (Å²) in [4.78, 5) is 16.8. The van der Waals surface area contributed by atoms with Gasteiger partial charge in [-0.1, -0.05) is 50.7 Å². The zero-order valence-corrected chi connectivity index (χ0v) is 14.7. The molecule has 0 aliphatic rings. The number of carbonyl (C=O) groups excluding carboxylic acids is 1. The zero-order valence-electron chi connectivity index (χ0n) is 13.9. The predicted molar refractivity (Wildman–Crippen MR) is 97.2 cm³/mol. The van der Waals surface area contributed by atoms with E-state index in [0.29, 0.717) is 11.3 Å². The number of hydrogen-bond donors (Lipinski definition) is 0. The maximum absolute atomic E-state index is 14.5. The van der Waals surface area contributed by atoms with Gasteiger partial charge in [0.25, 0.3) is 0 Å². The highest BCUT2D eigenvalue weighted by molar-refractivity contribution is 6.31. The van der Waals surface area contributed by atoms with Crippen LogP contribution in [0.3, 0.4) is 0 Å². The maximum Gasteiger partial charge on any atom is 0.198 e. The minimum atomic E-state index is -0.750. The van der Waals surface area contributed by atoms with Crippen LogP contribution in [-0.2, 0) is 0 Å². The predicted octanol–water partition coefficient (Wildman–Crippen LogP) is 5.43. The van der Waals surface area contributed by atoms with E-state index in [4.69, 9.17) is 16.3 Å². The Morgan fingerprint density at radius 1 is 1.29 bits per heavy atom. The fraction of sp³-hybridized carbons (Fsp3) is 0.158. The second-order valence-corrected chi connectivity index (χ2v) is 4.81. The Morgan fingerprint density at radius 2 is 1.96 bits per heavy atom. The first kappa shape index (κ1) is 19.6. The molecule has 0 N–H and O–H groups in total. The Kier molecular flexibility index (Phi) is 7.33. The van der Waals surface area contributed by atoms with Crippen molar-refractivity contribution in [3.63, 3.8) is 0 Å². The lowest BCUT2D eigenvalue weighted by molar-refractivity contribution is 0.103. The Bertz CT molecular complexity index is 772. The Labute approximate surface area is 146 Å². The van der Waals surface area contributed by atoms with E-state index in [1.807, 2.05) is 13.8 Å². The molecular formula is C19H19ClFNO2. The number of rotatable bonds is 5. The lowest BCUT2D eigenvalue weighted by Crippen LogP contribution is -2.10. The molecule has 0 saturated heterocycles. The molecule has 0 unspecified atom stereocenters. The first-order chi connectivity index (χ1) is 11.5. The maximum atomic E-state index is 14.5. The van der Waals surface area contributed by atoms with E-state index in [2.05, 4.69) is 18.1 Å². The average Bonchev–Trinajstić information content (AvgIpc) is 2.62. The van der Waals surface area contributed by atoms with Crippen molar-refractivity contribution in [2.45, 2.75) is 13.8 Å². The molecule has 0 atom stereocenters. The number of benzene rings is 1. The molecule has 126 valence electrons. The summed E-state index contributed by atoms with van der Waals surface area (Å²) >= 11 is 5.89. The number of pyridine rings is 1. The highest BCUT2D eigenvalue weighted by Crippen LogP contribution is 2.28. The van der Waals surface area contributed by atoms with Crippen LogP contribution in [0.2, 0.25) is 5.02 Å². The largest absolute Gasteiger partial charge is 0.494 e. The quantitative estimate of drug-likeness (QED) is 0.677. The molecule has 2 rings (SSSR count). The third kappa shape index (κ3) is 3.89. The molecule has 1 aromatic heterocycles. The van der Waals surface area contributed by atoms with Crippen LogP contribution >= 0.6 is 11.6 Å². The minimum absolute atomic E-state index is 0.0240. The molecule has 0 amide bonds. The summed E-state index contributed by atoms with van der Waals surface area (Å²) in [6.07, 6.45) is 4.21. The normalized spacial score (nSPS) is 9.54. The van der Waals surface area contributed by atoms with Gasteiger partial charge in [0.1, 0.15) is 0 Å². The minimum Gasteiger partial charge on any atom is -0.494 e. The van der Waals surface area contributed by atoms with Crippen LogP contribution < -0.4 is 4.74 Å². The molecule has 1 heterocycles. The third-order valence-corrected chi connectivity index (χ3v) is 3.34. The van der Waals surface area contributed by atoms with Gasteiger partial charge in [-0.25, -0.2) is 4.39 Å². The molecule has 0 fully saturated rings. The van der Waals surface area contributed by atoms with Crippen molar-refractivity contribution >= 4 is 29.5 Å². The standard InChI is InChI=1S/C17H13ClFNO2.C2H6/c1-4-10-6-7-14(22-3)16(19)15(10)17(21)12-8-11(18)9-20-13(12)5-2;1-2/h4-9H,1-2H2,3H3;1-2H3. The summed E-state index contributed by atoms with van der Waals surface area (Å²) in [5.74, 6) is -1.33. The molecule has 0 aliphatic heterocycles. The van der Waals surface area contributed by atoms with Gasteiger partial charge < -0.3 is 4.74 Å². The van der Waals surface area contributed by atoms with Crippen molar-refractivity contribution in [3.8, 4) is 5.75 Å². The van der Waals surface area contributed by atoms with E-state index >= 15 is 0 Å². The number of nitrogens with zero attached hydrogens (tertiary/aromatic N) is 1. The number of halogens is 2. The SMILES string of the molecule is C=Cc1ccc(OC)c(F)c1C(=O)c1cc(Cl)cnc1C=C.CC. The van der Waals surface area contributed by atoms with Gasteiger partial charge in [0.2, 0.25) is 0 Å². The molecule has 5 heteroatoms. The van der Waals surface area contributed by atoms with Gasteiger partial charge in [-0.15, -0.1) is 0 Å². The molecule has 3 nitrogen and oxygen atoms in total. The van der Waals surface area contributed by atoms with Gasteiger partial charge in [-0.3, -0.25) is 9.78 Å². The van der Waals surface area contributed by atoms with Crippen LogP contribution in [0.25, 0.3) is 12.2 Å². The molecular weight excluding hydrogens is 329 g/mol. The van der Waals surface area contributed by atoms with Gasteiger partial charge >= 0.3 is 0 Å². The molecule has 1 aromatic carbocycles. The molecule has 0 radical (unpaired) electrons. The van der Waals surface area contributed by atoms with Crippen molar-refractivity contribution in [1.29, 1.82) is 0 Å². The number of ketones is 1. The van der Waals surface area contributed by atoms with Gasteiger partial charge in [-0.05, 0) is 23.8 Å². The Hall–Kier alpha value is -2.46. The van der Waals surface area contributed by atoms with Crippen molar-refractivity contribution in [2.75, 3.05) is 7.11 Å². The van der Waals surface area contributed by atoms with Crippen LogP contribution in [0, 0.1) is 5.82 Å². The van der Waals surface area contributed by atoms with Gasteiger partial charge in [0.05, 0.1) is 23.4 Å². The lowest BCUT2D eigenvalue weighted by Gasteiger charge is -2.11. The van der Waals surface area contributed by atoms with Crippen molar-refractivity contribution < 1.29 is 13.9 Å². The molecule has 0 bridgehead atoms. The summed E-state index contributed by atoms with van der Waals surface area (Å²) in [7, 11) is 1.33. The van der Waals surface area contributed by atoms with E-state index in [1.165, 1.54) is 37.6 Å². The summed E-state index contributed by atoms with van der Waals surface area (Å²) in [5.41, 5.74) is 0.712. The monoisotopic (exact) mass is 347 g/mol. The number of carbonyl (C=O) groups is 1. The van der Waals surface area contributed by atoms with E-state index in [0.717, 1.165) is 0 Å². The smallest absolute Gasteiger partial charge is 0.198 e.